The van der Waals surface area contributed by atoms with Crippen LogP contribution in [0.1, 0.15) is 33.4 Å². The lowest BCUT2D eigenvalue weighted by atomic mass is 10.1. The molecular formula is C60H48N2O. The summed E-state index contributed by atoms with van der Waals surface area (Å²) in [7, 11) is 0. The summed E-state index contributed by atoms with van der Waals surface area (Å²) in [6.07, 6.45) is 16.9. The minimum absolute atomic E-state index is 0.827. The highest BCUT2D eigenvalue weighted by atomic mass is 16.3. The fourth-order valence-corrected chi connectivity index (χ4v) is 7.96. The van der Waals surface area contributed by atoms with Gasteiger partial charge in [-0.05, 0) is 144 Å². The molecule has 0 fully saturated rings. The molecule has 0 saturated heterocycles. The summed E-state index contributed by atoms with van der Waals surface area (Å²) < 4.78 is 6.53. The van der Waals surface area contributed by atoms with E-state index in [1.807, 2.05) is 12.1 Å². The van der Waals surface area contributed by atoms with Gasteiger partial charge in [0.25, 0.3) is 0 Å². The summed E-state index contributed by atoms with van der Waals surface area (Å²) in [5, 5.41) is 1.04. The summed E-state index contributed by atoms with van der Waals surface area (Å²) in [6, 6.07) is 72.4. The number of nitrogens with zero attached hydrogens (tertiary/aromatic N) is 2. The largest absolute Gasteiger partial charge is 0.456 e. The molecule has 0 aliphatic carbocycles. The zero-order valence-corrected chi connectivity index (χ0v) is 35.6. The van der Waals surface area contributed by atoms with Crippen molar-refractivity contribution in [1.82, 2.24) is 0 Å². The summed E-state index contributed by atoms with van der Waals surface area (Å²) in [5.41, 5.74) is 15.5. The van der Waals surface area contributed by atoms with E-state index in [2.05, 4.69) is 266 Å². The molecule has 9 rings (SSSR count). The van der Waals surface area contributed by atoms with E-state index in [0.29, 0.717) is 0 Å². The van der Waals surface area contributed by atoms with Crippen LogP contribution in [-0.4, -0.2) is 0 Å². The second-order valence-corrected chi connectivity index (χ2v) is 15.6. The van der Waals surface area contributed by atoms with Crippen molar-refractivity contribution in [3.8, 4) is 11.3 Å². The Morgan fingerprint density at radius 1 is 0.349 bits per heavy atom. The monoisotopic (exact) mass is 812 g/mol. The maximum absolute atomic E-state index is 6.53. The average molecular weight is 813 g/mol. The fourth-order valence-electron chi connectivity index (χ4n) is 7.96. The number of rotatable bonds is 13. The summed E-state index contributed by atoms with van der Waals surface area (Å²) in [5.74, 6) is 0.827. The van der Waals surface area contributed by atoms with Crippen LogP contribution in [0.5, 0.6) is 0 Å². The maximum Gasteiger partial charge on any atom is 0.135 e. The Balaban J connectivity index is 0.972. The first-order valence-corrected chi connectivity index (χ1v) is 21.4. The molecule has 3 nitrogen and oxygen atoms in total. The highest BCUT2D eigenvalue weighted by Gasteiger charge is 2.18. The molecular weight excluding hydrogens is 765 g/mol. The van der Waals surface area contributed by atoms with Gasteiger partial charge in [0.2, 0.25) is 0 Å². The normalized spacial score (nSPS) is 11.7. The van der Waals surface area contributed by atoms with Crippen LogP contribution in [0.4, 0.5) is 34.1 Å². The van der Waals surface area contributed by atoms with Crippen molar-refractivity contribution >= 4 is 69.4 Å². The van der Waals surface area contributed by atoms with Crippen LogP contribution in [0.2, 0.25) is 0 Å². The first-order chi connectivity index (χ1) is 31.1. The molecule has 1 aromatic heterocycles. The lowest BCUT2D eigenvalue weighted by Crippen LogP contribution is -2.11. The molecule has 0 spiro atoms. The molecule has 1 heterocycles. The molecule has 8 aromatic carbocycles. The van der Waals surface area contributed by atoms with Crippen molar-refractivity contribution in [1.29, 1.82) is 0 Å². The fraction of sp³-hybridized carbons (Fsp3) is 0.0333. The molecule has 9 aromatic rings. The molecule has 0 aliphatic heterocycles. The number of furan rings is 1. The van der Waals surface area contributed by atoms with Gasteiger partial charge in [-0.25, -0.2) is 0 Å². The molecule has 304 valence electrons. The second kappa shape index (κ2) is 19.1. The molecule has 0 atom stereocenters. The number of benzene rings is 8. The number of hydrogen-bond acceptors (Lipinski definition) is 3. The van der Waals surface area contributed by atoms with Gasteiger partial charge in [-0.2, -0.15) is 0 Å². The Morgan fingerprint density at radius 3 is 1.24 bits per heavy atom. The first-order valence-electron chi connectivity index (χ1n) is 21.4. The SMILES string of the molecule is Cc1cc(/C=C/C=C/c2ccccc2)ccc1N(c1ccccc1)c1ccc(-c2cc3cc(N(c4ccccc4)c4ccc(/C=C/C=C/c5ccccc5)cc4C)ccc3o2)cc1. The maximum atomic E-state index is 6.53. The number of hydrogen-bond donors (Lipinski definition) is 0. The molecule has 0 saturated carbocycles. The first kappa shape index (κ1) is 40.3. The van der Waals surface area contributed by atoms with Gasteiger partial charge in [0.15, 0.2) is 0 Å². The third-order valence-electron chi connectivity index (χ3n) is 11.1. The van der Waals surface area contributed by atoms with Crippen molar-refractivity contribution in [2.24, 2.45) is 0 Å². The van der Waals surface area contributed by atoms with Gasteiger partial charge in [0.1, 0.15) is 11.3 Å². The molecule has 3 heteroatoms. The Labute approximate surface area is 371 Å². The van der Waals surface area contributed by atoms with Crippen LogP contribution in [-0.2, 0) is 0 Å². The lowest BCUT2D eigenvalue weighted by Gasteiger charge is -2.27. The Morgan fingerprint density at radius 2 is 0.762 bits per heavy atom. The van der Waals surface area contributed by atoms with Gasteiger partial charge in [-0.15, -0.1) is 0 Å². The van der Waals surface area contributed by atoms with Crippen LogP contribution in [0.15, 0.2) is 235 Å². The van der Waals surface area contributed by atoms with E-state index in [9.17, 15) is 0 Å². The van der Waals surface area contributed by atoms with Gasteiger partial charge >= 0.3 is 0 Å². The Hall–Kier alpha value is -8.14. The van der Waals surface area contributed by atoms with Gasteiger partial charge < -0.3 is 14.2 Å². The number of allylic oxidation sites excluding steroid dienone is 4. The molecule has 0 bridgehead atoms. The quantitative estimate of drug-likeness (QED) is 0.108. The third kappa shape index (κ3) is 9.60. The van der Waals surface area contributed by atoms with Gasteiger partial charge in [-0.3, -0.25) is 0 Å². The molecule has 0 aliphatic rings. The van der Waals surface area contributed by atoms with E-state index >= 15 is 0 Å². The summed E-state index contributed by atoms with van der Waals surface area (Å²) >= 11 is 0. The van der Waals surface area contributed by atoms with Crippen molar-refractivity contribution in [3.05, 3.63) is 264 Å². The molecule has 0 unspecified atom stereocenters. The number of para-hydroxylation sites is 2. The molecule has 0 N–H and O–H groups in total. The molecule has 0 radical (unpaired) electrons. The van der Waals surface area contributed by atoms with Crippen LogP contribution in [0.3, 0.4) is 0 Å². The standard InChI is InChI=1S/C60H48N2O/c1-45-41-49(25-17-15-23-47-19-7-3-8-20-47)31-38-57(45)61(53-27-11-5-12-28-53)55-35-33-51(34-36-55)60-44-52-43-56(37-40-59(52)63-60)62(54-29-13-6-14-30-54)58-39-32-50(42-46(58)2)26-18-16-24-48-21-9-4-10-22-48/h3-44H,1-2H3/b23-15+,24-16+,25-17+,26-18+. The predicted octanol–water partition coefficient (Wildman–Crippen LogP) is 17.1. The number of anilines is 6. The van der Waals surface area contributed by atoms with E-state index in [4.69, 9.17) is 4.42 Å². The van der Waals surface area contributed by atoms with E-state index in [0.717, 1.165) is 67.5 Å². The minimum atomic E-state index is 0.827. The van der Waals surface area contributed by atoms with Crippen LogP contribution in [0, 0.1) is 13.8 Å². The van der Waals surface area contributed by atoms with Gasteiger partial charge in [0.05, 0.1) is 0 Å². The number of fused-ring (bicyclic) bond motifs is 1. The number of aryl methyl sites for hydroxylation is 2. The van der Waals surface area contributed by atoms with Crippen molar-refractivity contribution in [2.45, 2.75) is 13.8 Å². The zero-order chi connectivity index (χ0) is 42.8. The zero-order valence-electron chi connectivity index (χ0n) is 35.6. The van der Waals surface area contributed by atoms with Crippen molar-refractivity contribution < 1.29 is 4.42 Å². The second-order valence-electron chi connectivity index (χ2n) is 15.6. The van der Waals surface area contributed by atoms with E-state index < -0.39 is 0 Å². The highest BCUT2D eigenvalue weighted by Crippen LogP contribution is 2.41. The molecule has 63 heavy (non-hydrogen) atoms. The Kier molecular flexibility index (Phi) is 12.2. The lowest BCUT2D eigenvalue weighted by molar-refractivity contribution is 0.631. The predicted molar refractivity (Wildman–Crippen MR) is 270 cm³/mol. The van der Waals surface area contributed by atoms with Crippen LogP contribution >= 0.6 is 0 Å². The van der Waals surface area contributed by atoms with Crippen molar-refractivity contribution in [2.75, 3.05) is 9.80 Å². The third-order valence-corrected chi connectivity index (χ3v) is 11.1. The Bertz CT molecular complexity index is 3050. The smallest absolute Gasteiger partial charge is 0.135 e. The van der Waals surface area contributed by atoms with E-state index in [1.54, 1.807) is 0 Å². The van der Waals surface area contributed by atoms with Crippen LogP contribution < -0.4 is 9.80 Å². The minimum Gasteiger partial charge on any atom is -0.456 e. The topological polar surface area (TPSA) is 19.6 Å². The summed E-state index contributed by atoms with van der Waals surface area (Å²) in [6.45, 7) is 4.36. The highest BCUT2D eigenvalue weighted by molar-refractivity contribution is 5.90. The summed E-state index contributed by atoms with van der Waals surface area (Å²) in [4.78, 5) is 4.64. The molecule has 0 amide bonds. The van der Waals surface area contributed by atoms with Gasteiger partial charge in [-0.1, -0.05) is 158 Å². The van der Waals surface area contributed by atoms with Gasteiger partial charge in [0, 0.05) is 45.1 Å². The van der Waals surface area contributed by atoms with Crippen LogP contribution in [0.25, 0.3) is 46.6 Å². The van der Waals surface area contributed by atoms with E-state index in [-0.39, 0.29) is 0 Å². The van der Waals surface area contributed by atoms with E-state index in [1.165, 1.54) is 22.3 Å². The average Bonchev–Trinajstić information content (AvgIpc) is 3.76. The van der Waals surface area contributed by atoms with Crippen molar-refractivity contribution in [3.63, 3.8) is 0 Å².